The van der Waals surface area contributed by atoms with Crippen molar-refractivity contribution in [1.29, 1.82) is 0 Å². The highest BCUT2D eigenvalue weighted by atomic mass is 79.9. The van der Waals surface area contributed by atoms with Crippen LogP contribution in [0.15, 0.2) is 60.7 Å². The third-order valence-electron chi connectivity index (χ3n) is 3.33. The van der Waals surface area contributed by atoms with Crippen LogP contribution < -0.4 is 9.05 Å². The van der Waals surface area contributed by atoms with Gasteiger partial charge < -0.3 is 9.05 Å². The van der Waals surface area contributed by atoms with Crippen LogP contribution in [-0.2, 0) is 0 Å². The molecule has 1 atom stereocenters. The van der Waals surface area contributed by atoms with Gasteiger partial charge in [0.15, 0.2) is 13.2 Å². The number of hydrogen-bond acceptors (Lipinski definition) is 2. The summed E-state index contributed by atoms with van der Waals surface area (Å²) in [5.74, 6) is 3.43. The highest BCUT2D eigenvalue weighted by molar-refractivity contribution is 8.93. The van der Waals surface area contributed by atoms with Crippen LogP contribution in [0.1, 0.15) is 27.7 Å². The first-order chi connectivity index (χ1) is 12.3. The molecule has 2 aromatic rings. The standard InChI is InChI=1S/C12H20OP.C10H15OP.BrH.ClH/c1-11(2)10-14(3,4)13-12-8-6-5-7-9-12;1-9(2)8-12-11-10-6-4-3-5-7-10;;/h5-9,11H,10H2,1-4H3;3-7,9,12H,8H2,1-2H3;2*1H/q+1;;;. The van der Waals surface area contributed by atoms with Gasteiger partial charge in [-0.2, -0.15) is 0 Å². The summed E-state index contributed by atoms with van der Waals surface area (Å²) in [6.07, 6.45) is 2.33. The van der Waals surface area contributed by atoms with Crippen LogP contribution in [0.3, 0.4) is 0 Å². The maximum atomic E-state index is 6.02. The highest BCUT2D eigenvalue weighted by Crippen LogP contribution is 2.53. The molecular weight excluding hydrogens is 474 g/mol. The fourth-order valence-corrected chi connectivity index (χ4v) is 5.71. The smallest absolute Gasteiger partial charge is 0.185 e. The minimum Gasteiger partial charge on any atom is -0.477 e. The van der Waals surface area contributed by atoms with Crippen molar-refractivity contribution in [3.63, 3.8) is 0 Å². The van der Waals surface area contributed by atoms with Crippen LogP contribution in [0.4, 0.5) is 0 Å². The van der Waals surface area contributed by atoms with Gasteiger partial charge in [-0.25, -0.2) is 0 Å². The summed E-state index contributed by atoms with van der Waals surface area (Å²) in [6.45, 7) is 13.4. The zero-order valence-corrected chi connectivity index (χ0v) is 22.3. The van der Waals surface area contributed by atoms with Crippen LogP contribution in [-0.4, -0.2) is 25.7 Å². The van der Waals surface area contributed by atoms with Crippen molar-refractivity contribution >= 4 is 45.7 Å². The molecule has 160 valence electrons. The van der Waals surface area contributed by atoms with Gasteiger partial charge in [0, 0.05) is 6.16 Å². The largest absolute Gasteiger partial charge is 0.477 e. The van der Waals surface area contributed by atoms with E-state index in [1.54, 1.807) is 0 Å². The number of halogens is 2. The number of benzene rings is 2. The van der Waals surface area contributed by atoms with E-state index in [2.05, 4.69) is 41.0 Å². The number of hydrogen-bond donors (Lipinski definition) is 0. The summed E-state index contributed by atoms with van der Waals surface area (Å²) in [6, 6.07) is 20.1. The molecule has 1 unspecified atom stereocenters. The summed E-state index contributed by atoms with van der Waals surface area (Å²) >= 11 is 0. The van der Waals surface area contributed by atoms with Gasteiger partial charge in [-0.3, -0.25) is 0 Å². The molecule has 6 heteroatoms. The lowest BCUT2D eigenvalue weighted by Crippen LogP contribution is -2.07. The first-order valence-corrected chi connectivity index (χ1v) is 13.2. The second kappa shape index (κ2) is 16.5. The van der Waals surface area contributed by atoms with Crippen LogP contribution in [0.2, 0.25) is 0 Å². The van der Waals surface area contributed by atoms with Crippen LogP contribution in [0.5, 0.6) is 11.5 Å². The van der Waals surface area contributed by atoms with E-state index in [0.717, 1.165) is 23.6 Å². The highest BCUT2D eigenvalue weighted by Gasteiger charge is 2.29. The summed E-state index contributed by atoms with van der Waals surface area (Å²) in [4.78, 5) is 0. The fourth-order valence-electron chi connectivity index (χ4n) is 2.46. The van der Waals surface area contributed by atoms with Gasteiger partial charge in [0.05, 0.1) is 28.3 Å². The third kappa shape index (κ3) is 15.6. The molecule has 0 spiro atoms. The van der Waals surface area contributed by atoms with Crippen molar-refractivity contribution < 1.29 is 9.05 Å². The summed E-state index contributed by atoms with van der Waals surface area (Å²) in [7, 11) is -0.631. The van der Waals surface area contributed by atoms with E-state index in [0.29, 0.717) is 14.7 Å². The minimum atomic E-state index is -1.22. The Morgan fingerprint density at radius 2 is 1.25 bits per heavy atom. The molecule has 2 aromatic carbocycles. The molecule has 0 saturated carbocycles. The molecule has 28 heavy (non-hydrogen) atoms. The van der Waals surface area contributed by atoms with Crippen molar-refractivity contribution in [2.75, 3.05) is 25.7 Å². The average molecular weight is 511 g/mol. The van der Waals surface area contributed by atoms with Crippen molar-refractivity contribution in [2.45, 2.75) is 27.7 Å². The average Bonchev–Trinajstić information content (AvgIpc) is 2.55. The quantitative estimate of drug-likeness (QED) is 0.333. The molecule has 0 N–H and O–H groups in total. The predicted octanol–water partition coefficient (Wildman–Crippen LogP) is 8.23. The Morgan fingerprint density at radius 1 is 0.786 bits per heavy atom. The second-order valence-electron chi connectivity index (χ2n) is 7.71. The third-order valence-corrected chi connectivity index (χ3v) is 7.00. The van der Waals surface area contributed by atoms with Gasteiger partial charge in [0.25, 0.3) is 0 Å². The van der Waals surface area contributed by atoms with Gasteiger partial charge in [-0.05, 0) is 36.1 Å². The Balaban J connectivity index is 0. The van der Waals surface area contributed by atoms with E-state index in [9.17, 15) is 0 Å². The molecule has 0 heterocycles. The van der Waals surface area contributed by atoms with Gasteiger partial charge in [0.2, 0.25) is 0 Å². The molecule has 2 nitrogen and oxygen atoms in total. The molecule has 2 rings (SSSR count). The lowest BCUT2D eigenvalue weighted by atomic mass is 10.3. The van der Waals surface area contributed by atoms with Crippen molar-refractivity contribution in [3.8, 4) is 11.5 Å². The van der Waals surface area contributed by atoms with Crippen molar-refractivity contribution in [3.05, 3.63) is 60.7 Å². The maximum Gasteiger partial charge on any atom is 0.185 e. The Kier molecular flexibility index (Phi) is 17.6. The van der Waals surface area contributed by atoms with E-state index in [4.69, 9.17) is 9.05 Å². The molecule has 0 fully saturated rings. The molecule has 0 radical (unpaired) electrons. The second-order valence-corrected chi connectivity index (χ2v) is 12.3. The van der Waals surface area contributed by atoms with Gasteiger partial charge in [-0.1, -0.05) is 64.1 Å². The predicted molar refractivity (Wildman–Crippen MR) is 138 cm³/mol. The van der Waals surface area contributed by atoms with Gasteiger partial charge >= 0.3 is 0 Å². The molecule has 0 aliphatic heterocycles. The Hall–Kier alpha value is -0.330. The topological polar surface area (TPSA) is 18.5 Å². The van der Waals surface area contributed by atoms with E-state index in [1.807, 2.05) is 60.7 Å². The SMILES string of the molecule is Br.CC(C)CPOc1ccccc1.CC(C)C[P+](C)(C)Oc1ccccc1.Cl. The lowest BCUT2D eigenvalue weighted by Gasteiger charge is -2.19. The zero-order valence-electron chi connectivity index (χ0n) is 17.9. The zero-order chi connectivity index (χ0) is 19.4. The normalized spacial score (nSPS) is 10.7. The minimum absolute atomic E-state index is 0. The van der Waals surface area contributed by atoms with Gasteiger partial charge in [0.1, 0.15) is 5.75 Å². The van der Waals surface area contributed by atoms with Crippen molar-refractivity contribution in [2.24, 2.45) is 11.8 Å². The monoisotopic (exact) mass is 509 g/mol. The fraction of sp³-hybridized carbons (Fsp3) is 0.455. The van der Waals surface area contributed by atoms with Crippen LogP contribution >= 0.6 is 45.7 Å². The molecule has 0 amide bonds. The van der Waals surface area contributed by atoms with E-state index >= 15 is 0 Å². The van der Waals surface area contributed by atoms with E-state index in [1.165, 1.54) is 6.16 Å². The maximum absolute atomic E-state index is 6.02. The van der Waals surface area contributed by atoms with E-state index < -0.39 is 7.49 Å². The molecule has 0 saturated heterocycles. The molecule has 0 bridgehead atoms. The Bertz CT molecular complexity index is 596. The summed E-state index contributed by atoms with van der Waals surface area (Å²) in [5.41, 5.74) is 0. The van der Waals surface area contributed by atoms with Crippen molar-refractivity contribution in [1.82, 2.24) is 0 Å². The molecule has 0 aliphatic rings. The molecule has 0 aliphatic carbocycles. The first-order valence-electron chi connectivity index (χ1n) is 9.31. The van der Waals surface area contributed by atoms with E-state index in [-0.39, 0.29) is 29.4 Å². The lowest BCUT2D eigenvalue weighted by molar-refractivity contribution is 0.586. The number of para-hydroxylation sites is 2. The van der Waals surface area contributed by atoms with Gasteiger partial charge in [-0.15, -0.1) is 29.4 Å². The van der Waals surface area contributed by atoms with Crippen LogP contribution in [0, 0.1) is 11.8 Å². The molecular formula is C22H37BrClO2P2+. The summed E-state index contributed by atoms with van der Waals surface area (Å²) in [5, 5.41) is 0. The summed E-state index contributed by atoms with van der Waals surface area (Å²) < 4.78 is 11.6. The Morgan fingerprint density at radius 3 is 1.68 bits per heavy atom. The first kappa shape index (κ1) is 29.9. The Labute approximate surface area is 191 Å². The molecule has 0 aromatic heterocycles. The number of rotatable bonds is 8. The van der Waals surface area contributed by atoms with Crippen LogP contribution in [0.25, 0.3) is 0 Å².